The Bertz CT molecular complexity index is 784. The van der Waals surface area contributed by atoms with Gasteiger partial charge in [0.15, 0.2) is 0 Å². The number of carbonyl (C=O) groups is 4. The number of ether oxygens (including phenoxy) is 2. The fraction of sp³-hybridized carbons (Fsp3) is 0.583. The molecule has 182 valence electrons. The van der Waals surface area contributed by atoms with Gasteiger partial charge < -0.3 is 25.4 Å². The van der Waals surface area contributed by atoms with Crippen LogP contribution in [0.5, 0.6) is 0 Å². The molecule has 1 aromatic rings. The lowest BCUT2D eigenvalue weighted by atomic mass is 10.0. The van der Waals surface area contributed by atoms with Crippen molar-refractivity contribution in [2.75, 3.05) is 19.8 Å². The topological polar surface area (TPSA) is 123 Å². The van der Waals surface area contributed by atoms with E-state index in [1.54, 1.807) is 0 Å². The molecule has 0 aromatic heterocycles. The van der Waals surface area contributed by atoms with Crippen molar-refractivity contribution in [3.8, 4) is 0 Å². The minimum Gasteiger partial charge on any atom is -0.445 e. The van der Waals surface area contributed by atoms with Crippen molar-refractivity contribution >= 4 is 23.7 Å². The summed E-state index contributed by atoms with van der Waals surface area (Å²) in [5.41, 5.74) is 0.819. The van der Waals surface area contributed by atoms with E-state index >= 15 is 0 Å². The number of hydrogen-bond donors (Lipinski definition) is 3. The molecule has 9 heteroatoms. The van der Waals surface area contributed by atoms with Crippen LogP contribution in [0.3, 0.4) is 0 Å². The monoisotopic (exact) mass is 461 g/mol. The highest BCUT2D eigenvalue weighted by Crippen LogP contribution is 2.08. The molecule has 33 heavy (non-hydrogen) atoms. The van der Waals surface area contributed by atoms with E-state index in [1.807, 2.05) is 44.2 Å². The quantitative estimate of drug-likeness (QED) is 0.535. The van der Waals surface area contributed by atoms with Crippen LogP contribution in [0.1, 0.15) is 51.5 Å². The Morgan fingerprint density at radius 1 is 1.12 bits per heavy atom. The molecule has 3 N–H and O–H groups in total. The number of Topliss-reactive ketones (excluding diaryl/α,β-unsaturated/α-hetero) is 1. The van der Waals surface area contributed by atoms with E-state index in [0.717, 1.165) is 31.2 Å². The molecule has 1 aliphatic rings. The summed E-state index contributed by atoms with van der Waals surface area (Å²) in [6.07, 6.45) is 3.13. The Kier molecular flexibility index (Phi) is 11.4. The smallest absolute Gasteiger partial charge is 0.408 e. The van der Waals surface area contributed by atoms with Crippen LogP contribution < -0.4 is 16.0 Å². The van der Waals surface area contributed by atoms with Gasteiger partial charge in [0.1, 0.15) is 18.7 Å². The number of hydrogen-bond acceptors (Lipinski definition) is 6. The molecule has 1 aromatic carbocycles. The number of ketones is 1. The molecule has 0 spiro atoms. The Morgan fingerprint density at radius 2 is 1.85 bits per heavy atom. The zero-order chi connectivity index (χ0) is 24.1. The Labute approximate surface area is 195 Å². The van der Waals surface area contributed by atoms with Crippen molar-refractivity contribution < 1.29 is 28.7 Å². The standard InChI is InChI=1S/C24H35N3O6/c1-17(2)14-19(27-24(31)33-15-18-10-6-5-7-11-18)22(29)26-20-16-32-13-9-4-3-8-12-25-23(30)21(20)28/h5-7,10-11,17,19-20H,3-4,8-9,12-16H2,1-2H3,(H,25,30)(H,26,29)(H,27,31). The third-order valence-electron chi connectivity index (χ3n) is 5.17. The largest absolute Gasteiger partial charge is 0.445 e. The Balaban J connectivity index is 2.00. The average Bonchev–Trinajstić information content (AvgIpc) is 2.79. The third-order valence-corrected chi connectivity index (χ3v) is 5.17. The van der Waals surface area contributed by atoms with Crippen molar-refractivity contribution in [3.05, 3.63) is 35.9 Å². The maximum atomic E-state index is 13.0. The van der Waals surface area contributed by atoms with Gasteiger partial charge in [-0.2, -0.15) is 0 Å². The lowest BCUT2D eigenvalue weighted by Gasteiger charge is -2.24. The van der Waals surface area contributed by atoms with Crippen molar-refractivity contribution in [1.82, 2.24) is 16.0 Å². The Morgan fingerprint density at radius 3 is 2.58 bits per heavy atom. The third kappa shape index (κ3) is 10.0. The van der Waals surface area contributed by atoms with E-state index in [2.05, 4.69) is 16.0 Å². The number of amides is 3. The Hall–Kier alpha value is -2.94. The first-order chi connectivity index (χ1) is 15.9. The number of rotatable bonds is 7. The number of alkyl carbamates (subject to hydrolysis) is 1. The van der Waals surface area contributed by atoms with Gasteiger partial charge in [0.05, 0.1) is 6.61 Å². The van der Waals surface area contributed by atoms with Gasteiger partial charge in [-0.1, -0.05) is 57.0 Å². The van der Waals surface area contributed by atoms with Crippen molar-refractivity contribution in [3.63, 3.8) is 0 Å². The molecule has 3 amide bonds. The van der Waals surface area contributed by atoms with Crippen LogP contribution in [0.4, 0.5) is 4.79 Å². The maximum absolute atomic E-state index is 13.0. The normalized spacial score (nSPS) is 18.9. The lowest BCUT2D eigenvalue weighted by molar-refractivity contribution is -0.141. The molecular formula is C24H35N3O6. The molecule has 2 unspecified atom stereocenters. The number of carbonyl (C=O) groups excluding carboxylic acids is 4. The highest BCUT2D eigenvalue weighted by molar-refractivity contribution is 6.38. The highest BCUT2D eigenvalue weighted by atomic mass is 16.5. The van der Waals surface area contributed by atoms with Crippen molar-refractivity contribution in [1.29, 1.82) is 0 Å². The summed E-state index contributed by atoms with van der Waals surface area (Å²) in [4.78, 5) is 50.1. The molecule has 1 saturated heterocycles. The van der Waals surface area contributed by atoms with E-state index in [9.17, 15) is 19.2 Å². The summed E-state index contributed by atoms with van der Waals surface area (Å²) in [6, 6.07) is 7.13. The van der Waals surface area contributed by atoms with E-state index in [0.29, 0.717) is 19.6 Å². The second-order valence-electron chi connectivity index (χ2n) is 8.56. The predicted octanol–water partition coefficient (Wildman–Crippen LogP) is 2.09. The average molecular weight is 462 g/mol. The number of nitrogens with one attached hydrogen (secondary N) is 3. The molecule has 1 heterocycles. The molecule has 0 radical (unpaired) electrons. The summed E-state index contributed by atoms with van der Waals surface area (Å²) >= 11 is 0. The zero-order valence-corrected chi connectivity index (χ0v) is 19.4. The number of benzene rings is 1. The first-order valence-electron chi connectivity index (χ1n) is 11.5. The molecule has 1 aliphatic heterocycles. The van der Waals surface area contributed by atoms with Crippen molar-refractivity contribution in [2.24, 2.45) is 5.92 Å². The van der Waals surface area contributed by atoms with Crippen LogP contribution in [-0.2, 0) is 30.5 Å². The van der Waals surface area contributed by atoms with Gasteiger partial charge in [-0.25, -0.2) is 4.79 Å². The fourth-order valence-corrected chi connectivity index (χ4v) is 3.40. The van der Waals surface area contributed by atoms with Gasteiger partial charge in [0.25, 0.3) is 5.91 Å². The second-order valence-corrected chi connectivity index (χ2v) is 8.56. The first kappa shape index (κ1) is 26.3. The van der Waals surface area contributed by atoms with E-state index in [-0.39, 0.29) is 19.1 Å². The van der Waals surface area contributed by atoms with Gasteiger partial charge in [-0.15, -0.1) is 0 Å². The summed E-state index contributed by atoms with van der Waals surface area (Å²) in [5, 5.41) is 7.76. The second kappa shape index (κ2) is 14.3. The van der Waals surface area contributed by atoms with E-state index in [4.69, 9.17) is 9.47 Å². The molecular weight excluding hydrogens is 426 g/mol. The minimum absolute atomic E-state index is 0.0673. The molecule has 2 rings (SSSR count). The molecule has 9 nitrogen and oxygen atoms in total. The van der Waals surface area contributed by atoms with Gasteiger partial charge >= 0.3 is 6.09 Å². The first-order valence-corrected chi connectivity index (χ1v) is 11.5. The minimum atomic E-state index is -1.13. The van der Waals surface area contributed by atoms with Crippen LogP contribution >= 0.6 is 0 Å². The summed E-state index contributed by atoms with van der Waals surface area (Å²) in [6.45, 7) is 4.64. The maximum Gasteiger partial charge on any atom is 0.408 e. The fourth-order valence-electron chi connectivity index (χ4n) is 3.40. The van der Waals surface area contributed by atoms with Gasteiger partial charge in [0, 0.05) is 13.2 Å². The van der Waals surface area contributed by atoms with Crippen LogP contribution in [0, 0.1) is 5.92 Å². The van der Waals surface area contributed by atoms with E-state index in [1.165, 1.54) is 0 Å². The highest BCUT2D eigenvalue weighted by Gasteiger charge is 2.31. The lowest BCUT2D eigenvalue weighted by Crippen LogP contribution is -2.55. The van der Waals surface area contributed by atoms with Crippen LogP contribution in [-0.4, -0.2) is 55.5 Å². The molecule has 2 atom stereocenters. The van der Waals surface area contributed by atoms with Gasteiger partial charge in [-0.3, -0.25) is 14.4 Å². The van der Waals surface area contributed by atoms with Crippen LogP contribution in [0.15, 0.2) is 30.3 Å². The zero-order valence-electron chi connectivity index (χ0n) is 19.4. The van der Waals surface area contributed by atoms with Crippen LogP contribution in [0.2, 0.25) is 0 Å². The molecule has 0 saturated carbocycles. The molecule has 1 fully saturated rings. The molecule has 0 aliphatic carbocycles. The summed E-state index contributed by atoms with van der Waals surface area (Å²) < 4.78 is 10.8. The SMILES string of the molecule is CC(C)CC(NC(=O)OCc1ccccc1)C(=O)NC1COCCCCCCNC(=O)C1=O. The summed E-state index contributed by atoms with van der Waals surface area (Å²) in [7, 11) is 0. The van der Waals surface area contributed by atoms with Crippen molar-refractivity contribution in [2.45, 2.75) is 64.6 Å². The summed E-state index contributed by atoms with van der Waals surface area (Å²) in [5.74, 6) is -2.00. The van der Waals surface area contributed by atoms with Crippen LogP contribution in [0.25, 0.3) is 0 Å². The van der Waals surface area contributed by atoms with E-state index < -0.39 is 35.8 Å². The molecule has 0 bridgehead atoms. The van der Waals surface area contributed by atoms with Gasteiger partial charge in [0.2, 0.25) is 11.7 Å². The predicted molar refractivity (Wildman–Crippen MR) is 122 cm³/mol. The van der Waals surface area contributed by atoms with Gasteiger partial charge in [-0.05, 0) is 30.7 Å².